The van der Waals surface area contributed by atoms with Crippen LogP contribution in [0, 0.1) is 5.92 Å². The van der Waals surface area contributed by atoms with Gasteiger partial charge in [0.25, 0.3) is 5.91 Å². The Bertz CT molecular complexity index is 1980. The number of rotatable bonds is 27. The maximum Gasteiger partial charge on any atom is 0.326 e. The van der Waals surface area contributed by atoms with Crippen LogP contribution in [0.5, 0.6) is 0 Å². The molecule has 4 atom stereocenters. The van der Waals surface area contributed by atoms with E-state index < -0.39 is 54.3 Å². The van der Waals surface area contributed by atoms with Gasteiger partial charge in [-0.15, -0.1) is 0 Å². The number of hydrogen-bond donors (Lipinski definition) is 6. The summed E-state index contributed by atoms with van der Waals surface area (Å²) < 4.78 is 1.70. The third kappa shape index (κ3) is 15.0. The van der Waals surface area contributed by atoms with Crippen molar-refractivity contribution in [2.24, 2.45) is 17.4 Å². The van der Waals surface area contributed by atoms with Crippen molar-refractivity contribution in [2.75, 3.05) is 6.54 Å². The Morgan fingerprint density at radius 2 is 1.26 bits per heavy atom. The molecule has 3 aromatic rings. The number of fused-ring (bicyclic) bond motifs is 3. The fraction of sp³-hybridized carbons (Fsp3) is 0.553. The molecular weight excluding hydrogens is 791 g/mol. The second kappa shape index (κ2) is 25.3. The van der Waals surface area contributed by atoms with Crippen LogP contribution in [0.2, 0.25) is 0 Å². The van der Waals surface area contributed by atoms with Crippen LogP contribution in [0.15, 0.2) is 54.6 Å². The lowest BCUT2D eigenvalue weighted by Gasteiger charge is -2.29. The number of carboxylic acids is 1. The molecule has 0 saturated carbocycles. The van der Waals surface area contributed by atoms with E-state index in [1.165, 1.54) is 0 Å². The number of carbonyl (C=O) groups is 7. The molecule has 0 spiro atoms. The summed E-state index contributed by atoms with van der Waals surface area (Å²) in [5.74, 6) is -3.59. The van der Waals surface area contributed by atoms with Gasteiger partial charge in [0.1, 0.15) is 18.1 Å². The molecule has 2 aromatic carbocycles. The number of para-hydroxylation sites is 1. The number of amides is 6. The lowest BCUT2D eigenvalue weighted by atomic mass is 9.97. The van der Waals surface area contributed by atoms with E-state index in [9.17, 15) is 38.7 Å². The van der Waals surface area contributed by atoms with Crippen LogP contribution in [0.25, 0.3) is 10.9 Å². The van der Waals surface area contributed by atoms with Crippen LogP contribution in [0.1, 0.15) is 138 Å². The predicted octanol–water partition coefficient (Wildman–Crippen LogP) is 5.88. The van der Waals surface area contributed by atoms with Crippen molar-refractivity contribution in [2.45, 2.75) is 154 Å². The first-order chi connectivity index (χ1) is 29.8. The van der Waals surface area contributed by atoms with Crippen molar-refractivity contribution < 1.29 is 38.7 Å². The van der Waals surface area contributed by atoms with Gasteiger partial charge in [0.2, 0.25) is 23.6 Å². The van der Waals surface area contributed by atoms with E-state index in [1.54, 1.807) is 39.8 Å². The first-order valence-corrected chi connectivity index (χ1v) is 22.4. The van der Waals surface area contributed by atoms with E-state index >= 15 is 0 Å². The molecule has 1 aliphatic rings. The fourth-order valence-corrected chi connectivity index (χ4v) is 8.16. The number of nitrogens with one attached hydrogen (secondary N) is 3. The van der Waals surface area contributed by atoms with E-state index in [1.807, 2.05) is 38.1 Å². The summed E-state index contributed by atoms with van der Waals surface area (Å²) in [5, 5.41) is 18.7. The monoisotopic (exact) mass is 858 g/mol. The van der Waals surface area contributed by atoms with Crippen LogP contribution in [-0.2, 0) is 43.4 Å². The Morgan fingerprint density at radius 1 is 0.710 bits per heavy atom. The molecule has 62 heavy (non-hydrogen) atoms. The minimum Gasteiger partial charge on any atom is -0.480 e. The number of nitrogens with zero attached hydrogens (tertiary/aromatic N) is 2. The maximum atomic E-state index is 14.2. The molecule has 0 fully saturated rings. The molecule has 15 heteroatoms. The molecule has 1 aromatic heterocycles. The average Bonchev–Trinajstić information content (AvgIpc) is 3.58. The molecule has 6 amide bonds. The second-order valence-corrected chi connectivity index (χ2v) is 16.7. The van der Waals surface area contributed by atoms with Crippen molar-refractivity contribution in [3.05, 3.63) is 71.4 Å². The molecule has 0 unspecified atom stereocenters. The molecule has 0 bridgehead atoms. The number of primary amides is 2. The number of unbranched alkanes of at least 4 members (excludes halogenated alkanes) is 11. The highest BCUT2D eigenvalue weighted by Crippen LogP contribution is 2.32. The zero-order valence-corrected chi connectivity index (χ0v) is 36.5. The number of hydrogen-bond acceptors (Lipinski definition) is 7. The van der Waals surface area contributed by atoms with Gasteiger partial charge in [0.05, 0.1) is 18.5 Å². The lowest BCUT2D eigenvalue weighted by Crippen LogP contribution is -2.53. The molecule has 2 heterocycles. The van der Waals surface area contributed by atoms with Crippen molar-refractivity contribution in [1.82, 2.24) is 25.4 Å². The quantitative estimate of drug-likeness (QED) is 0.0505. The van der Waals surface area contributed by atoms with Crippen molar-refractivity contribution >= 4 is 52.4 Å². The number of nitrogens with two attached hydrogens (primary N) is 2. The highest BCUT2D eigenvalue weighted by Gasteiger charge is 2.34. The molecule has 0 aliphatic carbocycles. The first kappa shape index (κ1) is 48.9. The summed E-state index contributed by atoms with van der Waals surface area (Å²) in [6.45, 7) is 4.73. The highest BCUT2D eigenvalue weighted by atomic mass is 16.4. The van der Waals surface area contributed by atoms with E-state index in [0.717, 1.165) is 98.4 Å². The Kier molecular flexibility index (Phi) is 19.9. The Balaban J connectivity index is 1.07. The van der Waals surface area contributed by atoms with Gasteiger partial charge in [-0.1, -0.05) is 133 Å². The smallest absolute Gasteiger partial charge is 0.326 e. The zero-order valence-electron chi connectivity index (χ0n) is 36.5. The molecular formula is C47H67N7O8. The lowest BCUT2D eigenvalue weighted by molar-refractivity contribution is -0.142. The van der Waals surface area contributed by atoms with Gasteiger partial charge in [0, 0.05) is 36.9 Å². The third-order valence-electron chi connectivity index (χ3n) is 11.9. The average molecular weight is 858 g/mol. The summed E-state index contributed by atoms with van der Waals surface area (Å²) in [4.78, 5) is 89.9. The van der Waals surface area contributed by atoms with Crippen molar-refractivity contribution in [1.29, 1.82) is 0 Å². The van der Waals surface area contributed by atoms with Crippen molar-refractivity contribution in [3.8, 4) is 0 Å². The number of carboxylic acid groups (broad SMARTS) is 1. The van der Waals surface area contributed by atoms with Crippen molar-refractivity contribution in [3.63, 3.8) is 0 Å². The number of benzene rings is 2. The number of aromatic nitrogens is 1. The van der Waals surface area contributed by atoms with Gasteiger partial charge < -0.3 is 37.4 Å². The van der Waals surface area contributed by atoms with Gasteiger partial charge in [0.15, 0.2) is 0 Å². The SMILES string of the molecule is CC[C@H](C)[C@H](NC(=O)CCCCCCCCCCCCCCC(=O)N[C@@H](CC(N)=O)C(=O)N[C@@H](Cc1ccccc1)C(=O)O)C(=O)n1c2c(c3ccccc31)CCN(C(N)=O)C2. The minimum atomic E-state index is -1.26. The molecule has 4 rings (SSSR count). The van der Waals surface area contributed by atoms with Gasteiger partial charge in [-0.2, -0.15) is 0 Å². The van der Waals surface area contributed by atoms with Crippen LogP contribution >= 0.6 is 0 Å². The largest absolute Gasteiger partial charge is 0.480 e. The van der Waals surface area contributed by atoms with E-state index in [-0.39, 0.29) is 37.1 Å². The summed E-state index contributed by atoms with van der Waals surface area (Å²) in [7, 11) is 0. The molecule has 15 nitrogen and oxygen atoms in total. The zero-order chi connectivity index (χ0) is 45.0. The standard InChI is InChI=1S/C47H67N7O8/c1-3-32(2)43(45(59)54-38-24-20-19-23-34(38)35-27-28-53(47(49)62)31-39(35)54)52-42(57)26-18-13-11-9-7-5-4-6-8-10-12-17-25-41(56)50-36(30-40(48)55)44(58)51-37(46(60)61)29-33-21-15-14-16-22-33/h14-16,19-24,32,36-37,43H,3-13,17-18,25-31H2,1-2H3,(H2,48,55)(H2,49,62)(H,50,56)(H,51,58)(H,52,57)(H,60,61)/t32-,36-,37-,43-/m0/s1. The first-order valence-electron chi connectivity index (χ1n) is 22.4. The predicted molar refractivity (Wildman–Crippen MR) is 238 cm³/mol. The molecule has 0 saturated heterocycles. The summed E-state index contributed by atoms with van der Waals surface area (Å²) in [6, 6.07) is 12.9. The maximum absolute atomic E-state index is 14.2. The Labute approximate surface area is 365 Å². The second-order valence-electron chi connectivity index (χ2n) is 16.7. The summed E-state index contributed by atoms with van der Waals surface area (Å²) in [5.41, 5.74) is 14.2. The van der Waals surface area contributed by atoms with Crippen LogP contribution in [0.4, 0.5) is 4.79 Å². The van der Waals surface area contributed by atoms with Gasteiger partial charge >= 0.3 is 12.0 Å². The molecule has 1 aliphatic heterocycles. The van der Waals surface area contributed by atoms with Gasteiger partial charge in [-0.25, -0.2) is 9.59 Å². The summed E-state index contributed by atoms with van der Waals surface area (Å²) in [6.07, 6.45) is 13.3. The van der Waals surface area contributed by atoms with Crippen LogP contribution in [-0.4, -0.2) is 80.8 Å². The van der Waals surface area contributed by atoms with Gasteiger partial charge in [-0.3, -0.25) is 28.5 Å². The normalized spacial score (nSPS) is 14.3. The van der Waals surface area contributed by atoms with E-state index in [0.29, 0.717) is 32.2 Å². The Morgan fingerprint density at radius 3 is 1.81 bits per heavy atom. The highest BCUT2D eigenvalue weighted by molar-refractivity contribution is 6.00. The van der Waals surface area contributed by atoms with Gasteiger partial charge in [-0.05, 0) is 42.4 Å². The summed E-state index contributed by atoms with van der Waals surface area (Å²) >= 11 is 0. The van der Waals surface area contributed by atoms with E-state index in [4.69, 9.17) is 11.5 Å². The topological polar surface area (TPSA) is 236 Å². The molecule has 338 valence electrons. The van der Waals surface area contributed by atoms with E-state index in [2.05, 4.69) is 16.0 Å². The molecule has 0 radical (unpaired) electrons. The van der Waals surface area contributed by atoms with Crippen LogP contribution in [0.3, 0.4) is 0 Å². The molecule has 8 N–H and O–H groups in total. The third-order valence-corrected chi connectivity index (χ3v) is 11.9. The number of aliphatic carboxylic acids is 1. The Hall–Kier alpha value is -5.73. The minimum absolute atomic E-state index is 0.0475. The van der Waals surface area contributed by atoms with Crippen LogP contribution < -0.4 is 27.4 Å². The fourth-order valence-electron chi connectivity index (χ4n) is 8.16. The number of urea groups is 1. The number of carbonyl (C=O) groups excluding carboxylic acids is 6.